The Hall–Kier alpha value is -2.30. The summed E-state index contributed by atoms with van der Waals surface area (Å²) >= 11 is 0. The van der Waals surface area contributed by atoms with Crippen LogP contribution in [0.3, 0.4) is 0 Å². The van der Waals surface area contributed by atoms with Gasteiger partial charge in [0.05, 0.1) is 12.4 Å². The van der Waals surface area contributed by atoms with Crippen molar-refractivity contribution in [2.75, 3.05) is 0 Å². The minimum Gasteiger partial charge on any atom is -0.505 e. The summed E-state index contributed by atoms with van der Waals surface area (Å²) < 4.78 is 1.22. The van der Waals surface area contributed by atoms with Gasteiger partial charge in [-0.2, -0.15) is 5.10 Å². The standard InChI is InChI=1S/C11H10N2O3/c14-9-6-12-13(7-9)10(11(15)16)8-4-2-1-3-5-8/h1-7,10,14H,(H,15,16). The zero-order valence-electron chi connectivity index (χ0n) is 8.32. The Labute approximate surface area is 91.6 Å². The molecule has 1 unspecified atom stereocenters. The molecular weight excluding hydrogens is 208 g/mol. The van der Waals surface area contributed by atoms with Gasteiger partial charge in [-0.1, -0.05) is 30.3 Å². The highest BCUT2D eigenvalue weighted by Gasteiger charge is 2.22. The van der Waals surface area contributed by atoms with Crippen molar-refractivity contribution in [2.24, 2.45) is 0 Å². The number of aromatic hydroxyl groups is 1. The van der Waals surface area contributed by atoms with Crippen LogP contribution in [0.1, 0.15) is 11.6 Å². The highest BCUT2D eigenvalue weighted by molar-refractivity contribution is 5.75. The van der Waals surface area contributed by atoms with E-state index in [0.717, 1.165) is 0 Å². The van der Waals surface area contributed by atoms with E-state index in [9.17, 15) is 4.79 Å². The Morgan fingerprint density at radius 2 is 2.00 bits per heavy atom. The first kappa shape index (κ1) is 10.2. The summed E-state index contributed by atoms with van der Waals surface area (Å²) in [6.07, 6.45) is 2.49. The van der Waals surface area contributed by atoms with E-state index in [1.165, 1.54) is 17.1 Å². The van der Waals surface area contributed by atoms with Gasteiger partial charge >= 0.3 is 5.97 Å². The van der Waals surface area contributed by atoms with Crippen LogP contribution < -0.4 is 0 Å². The molecule has 82 valence electrons. The molecular formula is C11H10N2O3. The molecule has 0 saturated carbocycles. The quantitative estimate of drug-likeness (QED) is 0.813. The van der Waals surface area contributed by atoms with Crippen molar-refractivity contribution < 1.29 is 15.0 Å². The van der Waals surface area contributed by atoms with Crippen LogP contribution >= 0.6 is 0 Å². The van der Waals surface area contributed by atoms with Crippen LogP contribution in [0.25, 0.3) is 0 Å². The SMILES string of the molecule is O=C(O)C(c1ccccc1)n1cc(O)cn1. The third kappa shape index (κ3) is 1.88. The van der Waals surface area contributed by atoms with Crippen LogP contribution in [0.4, 0.5) is 0 Å². The Balaban J connectivity index is 2.43. The monoisotopic (exact) mass is 218 g/mol. The normalized spacial score (nSPS) is 12.2. The van der Waals surface area contributed by atoms with E-state index >= 15 is 0 Å². The summed E-state index contributed by atoms with van der Waals surface area (Å²) in [6.45, 7) is 0. The second-order valence-corrected chi connectivity index (χ2v) is 3.33. The van der Waals surface area contributed by atoms with E-state index in [0.29, 0.717) is 5.56 Å². The van der Waals surface area contributed by atoms with Gasteiger partial charge in [0.15, 0.2) is 11.8 Å². The van der Waals surface area contributed by atoms with Crippen molar-refractivity contribution in [1.29, 1.82) is 0 Å². The maximum absolute atomic E-state index is 11.2. The predicted molar refractivity (Wildman–Crippen MR) is 56.1 cm³/mol. The first-order valence-electron chi connectivity index (χ1n) is 4.69. The highest BCUT2D eigenvalue weighted by Crippen LogP contribution is 2.19. The van der Waals surface area contributed by atoms with Crippen molar-refractivity contribution in [3.8, 4) is 5.75 Å². The molecule has 2 aromatic rings. The number of carboxylic acid groups (broad SMARTS) is 1. The van der Waals surface area contributed by atoms with E-state index < -0.39 is 12.0 Å². The number of aromatic nitrogens is 2. The minimum absolute atomic E-state index is 0.0535. The summed E-state index contributed by atoms with van der Waals surface area (Å²) in [4.78, 5) is 11.2. The predicted octanol–water partition coefficient (Wildman–Crippen LogP) is 1.26. The number of carbonyl (C=O) groups is 1. The van der Waals surface area contributed by atoms with Gasteiger partial charge in [0.2, 0.25) is 0 Å². The van der Waals surface area contributed by atoms with Crippen LogP contribution in [0.5, 0.6) is 5.75 Å². The maximum atomic E-state index is 11.2. The molecule has 0 amide bonds. The molecule has 1 heterocycles. The molecule has 0 spiro atoms. The molecule has 16 heavy (non-hydrogen) atoms. The lowest BCUT2D eigenvalue weighted by molar-refractivity contribution is -0.139. The molecule has 0 aliphatic carbocycles. The average molecular weight is 218 g/mol. The summed E-state index contributed by atoms with van der Waals surface area (Å²) in [5.74, 6) is -1.07. The molecule has 0 aliphatic heterocycles. The molecule has 0 fully saturated rings. The molecule has 1 atom stereocenters. The van der Waals surface area contributed by atoms with Gasteiger partial charge in [-0.15, -0.1) is 0 Å². The fourth-order valence-electron chi connectivity index (χ4n) is 1.51. The summed E-state index contributed by atoms with van der Waals surface area (Å²) in [6, 6.07) is 7.82. The zero-order valence-corrected chi connectivity index (χ0v) is 8.32. The second kappa shape index (κ2) is 4.06. The molecule has 0 saturated heterocycles. The molecule has 5 heteroatoms. The lowest BCUT2D eigenvalue weighted by Crippen LogP contribution is -2.20. The minimum atomic E-state index is -1.02. The number of nitrogens with zero attached hydrogens (tertiary/aromatic N) is 2. The number of carboxylic acids is 1. The second-order valence-electron chi connectivity index (χ2n) is 3.33. The number of rotatable bonds is 3. The van der Waals surface area contributed by atoms with Crippen molar-refractivity contribution in [1.82, 2.24) is 9.78 Å². The van der Waals surface area contributed by atoms with Crippen molar-refractivity contribution in [3.05, 3.63) is 48.3 Å². The van der Waals surface area contributed by atoms with E-state index in [4.69, 9.17) is 10.2 Å². The van der Waals surface area contributed by atoms with E-state index in [2.05, 4.69) is 5.10 Å². The lowest BCUT2D eigenvalue weighted by Gasteiger charge is -2.12. The van der Waals surface area contributed by atoms with Gasteiger partial charge in [-0.05, 0) is 5.56 Å². The third-order valence-electron chi connectivity index (χ3n) is 2.20. The molecule has 1 aromatic heterocycles. The molecule has 0 aliphatic rings. The van der Waals surface area contributed by atoms with Crippen LogP contribution in [0.2, 0.25) is 0 Å². The number of aliphatic carboxylic acids is 1. The summed E-state index contributed by atoms with van der Waals surface area (Å²) in [5.41, 5.74) is 0.609. The van der Waals surface area contributed by atoms with Gasteiger partial charge < -0.3 is 10.2 Å². The maximum Gasteiger partial charge on any atom is 0.333 e. The Kier molecular flexibility index (Phi) is 2.59. The van der Waals surface area contributed by atoms with E-state index in [-0.39, 0.29) is 5.75 Å². The van der Waals surface area contributed by atoms with Crippen molar-refractivity contribution >= 4 is 5.97 Å². The van der Waals surface area contributed by atoms with Gasteiger partial charge in [-0.3, -0.25) is 4.68 Å². The third-order valence-corrected chi connectivity index (χ3v) is 2.20. The Morgan fingerprint density at radius 3 is 2.50 bits per heavy atom. The van der Waals surface area contributed by atoms with Crippen LogP contribution in [-0.2, 0) is 4.79 Å². The number of benzene rings is 1. The summed E-state index contributed by atoms with van der Waals surface area (Å²) in [7, 11) is 0. The lowest BCUT2D eigenvalue weighted by atomic mass is 10.1. The van der Waals surface area contributed by atoms with Gasteiger partial charge in [0, 0.05) is 0 Å². The Bertz CT molecular complexity index is 493. The number of hydrogen-bond acceptors (Lipinski definition) is 3. The number of hydrogen-bond donors (Lipinski definition) is 2. The topological polar surface area (TPSA) is 75.3 Å². The molecule has 0 bridgehead atoms. The first-order valence-corrected chi connectivity index (χ1v) is 4.69. The van der Waals surface area contributed by atoms with Crippen molar-refractivity contribution in [3.63, 3.8) is 0 Å². The van der Waals surface area contributed by atoms with Crippen LogP contribution in [-0.4, -0.2) is 26.0 Å². The smallest absolute Gasteiger partial charge is 0.333 e. The van der Waals surface area contributed by atoms with E-state index in [1.54, 1.807) is 24.3 Å². The fourth-order valence-corrected chi connectivity index (χ4v) is 1.51. The largest absolute Gasteiger partial charge is 0.505 e. The fraction of sp³-hybridized carbons (Fsp3) is 0.0909. The van der Waals surface area contributed by atoms with Gasteiger partial charge in [0.25, 0.3) is 0 Å². The van der Waals surface area contributed by atoms with Gasteiger partial charge in [0.1, 0.15) is 0 Å². The molecule has 1 aromatic carbocycles. The molecule has 5 nitrogen and oxygen atoms in total. The van der Waals surface area contributed by atoms with E-state index in [1.807, 2.05) is 6.07 Å². The highest BCUT2D eigenvalue weighted by atomic mass is 16.4. The molecule has 0 radical (unpaired) electrons. The molecule has 2 N–H and O–H groups in total. The first-order chi connectivity index (χ1) is 7.68. The molecule has 2 rings (SSSR count). The van der Waals surface area contributed by atoms with Gasteiger partial charge in [-0.25, -0.2) is 4.79 Å². The average Bonchev–Trinajstić information content (AvgIpc) is 2.66. The Morgan fingerprint density at radius 1 is 1.31 bits per heavy atom. The summed E-state index contributed by atoms with van der Waals surface area (Å²) in [5, 5.41) is 22.1. The van der Waals surface area contributed by atoms with Crippen LogP contribution in [0, 0.1) is 0 Å². The van der Waals surface area contributed by atoms with Crippen LogP contribution in [0.15, 0.2) is 42.7 Å². The zero-order chi connectivity index (χ0) is 11.5. The van der Waals surface area contributed by atoms with Crippen molar-refractivity contribution in [2.45, 2.75) is 6.04 Å².